The highest BCUT2D eigenvalue weighted by atomic mass is 14.4. The van der Waals surface area contributed by atoms with Crippen LogP contribution in [0.2, 0.25) is 0 Å². The van der Waals surface area contributed by atoms with Crippen molar-refractivity contribution in [2.75, 3.05) is 0 Å². The molecule has 1 unspecified atom stereocenters. The first-order chi connectivity index (χ1) is 4.09. The predicted octanol–water partition coefficient (Wildman–Crippen LogP) is 2.77. The molecule has 0 radical (unpaired) electrons. The van der Waals surface area contributed by atoms with Gasteiger partial charge in [-0.1, -0.05) is 32.1 Å². The molecule has 0 aliphatic heterocycles. The van der Waals surface area contributed by atoms with Gasteiger partial charge in [-0.25, -0.2) is 0 Å². The Labute approximate surface area is 57.3 Å². The molecule has 0 heterocycles. The van der Waals surface area contributed by atoms with Crippen molar-refractivity contribution in [2.24, 2.45) is 11.3 Å². The highest BCUT2D eigenvalue weighted by molar-refractivity contribution is 5.24. The van der Waals surface area contributed by atoms with Gasteiger partial charge in [-0.05, 0) is 17.8 Å². The minimum Gasteiger partial charge on any atom is -0.103 e. The summed E-state index contributed by atoms with van der Waals surface area (Å²) in [4.78, 5) is 0. The molecule has 1 rings (SSSR count). The van der Waals surface area contributed by atoms with Crippen molar-refractivity contribution in [3.63, 3.8) is 0 Å². The van der Waals surface area contributed by atoms with Crippen molar-refractivity contribution in [1.29, 1.82) is 0 Å². The van der Waals surface area contributed by atoms with Crippen molar-refractivity contribution in [2.45, 2.75) is 20.3 Å². The maximum absolute atomic E-state index is 3.96. The molecule has 0 nitrogen and oxygen atoms in total. The number of hydrogen-bond donors (Lipinski definition) is 0. The summed E-state index contributed by atoms with van der Waals surface area (Å²) >= 11 is 0. The standard InChI is InChI=1S/C9H14/c1-5-8-6-7(2)9(8,3)4/h5,8H,1-2,6H2,3-4H3. The summed E-state index contributed by atoms with van der Waals surface area (Å²) in [5.74, 6) is 0.671. The third-order valence-corrected chi connectivity index (χ3v) is 2.59. The molecule has 9 heavy (non-hydrogen) atoms. The second-order valence-electron chi connectivity index (χ2n) is 3.37. The van der Waals surface area contributed by atoms with E-state index in [1.54, 1.807) is 0 Å². The lowest BCUT2D eigenvalue weighted by Gasteiger charge is -2.45. The van der Waals surface area contributed by atoms with E-state index in [-0.39, 0.29) is 0 Å². The lowest BCUT2D eigenvalue weighted by molar-refractivity contribution is 0.219. The van der Waals surface area contributed by atoms with Crippen molar-refractivity contribution >= 4 is 0 Å². The van der Waals surface area contributed by atoms with Gasteiger partial charge in [0.05, 0.1) is 0 Å². The molecule has 0 spiro atoms. The third kappa shape index (κ3) is 0.735. The van der Waals surface area contributed by atoms with Crippen LogP contribution in [-0.4, -0.2) is 0 Å². The number of hydrogen-bond acceptors (Lipinski definition) is 0. The predicted molar refractivity (Wildman–Crippen MR) is 41.2 cm³/mol. The molecule has 0 amide bonds. The van der Waals surface area contributed by atoms with Gasteiger partial charge < -0.3 is 0 Å². The first kappa shape index (κ1) is 6.60. The fourth-order valence-electron chi connectivity index (χ4n) is 1.29. The molecule has 0 saturated heterocycles. The Morgan fingerprint density at radius 1 is 1.67 bits per heavy atom. The lowest BCUT2D eigenvalue weighted by atomic mass is 9.59. The molecule has 1 aliphatic rings. The molecular weight excluding hydrogens is 108 g/mol. The van der Waals surface area contributed by atoms with Crippen LogP contribution < -0.4 is 0 Å². The zero-order valence-corrected chi connectivity index (χ0v) is 6.28. The van der Waals surface area contributed by atoms with Gasteiger partial charge in [0.25, 0.3) is 0 Å². The molecule has 50 valence electrons. The molecule has 0 aromatic heterocycles. The van der Waals surface area contributed by atoms with Gasteiger partial charge in [0.1, 0.15) is 0 Å². The fourth-order valence-corrected chi connectivity index (χ4v) is 1.29. The molecule has 0 aromatic carbocycles. The maximum Gasteiger partial charge on any atom is -0.00814 e. The fraction of sp³-hybridized carbons (Fsp3) is 0.556. The Kier molecular flexibility index (Phi) is 1.27. The van der Waals surface area contributed by atoms with Crippen molar-refractivity contribution in [3.05, 3.63) is 24.8 Å². The van der Waals surface area contributed by atoms with Gasteiger partial charge in [-0.15, -0.1) is 6.58 Å². The summed E-state index contributed by atoms with van der Waals surface area (Å²) in [6.45, 7) is 12.2. The first-order valence-electron chi connectivity index (χ1n) is 3.40. The van der Waals surface area contributed by atoms with Crippen LogP contribution >= 0.6 is 0 Å². The smallest absolute Gasteiger partial charge is 0.00814 e. The van der Waals surface area contributed by atoms with E-state index in [0.29, 0.717) is 11.3 Å². The highest BCUT2D eigenvalue weighted by Crippen LogP contribution is 2.50. The van der Waals surface area contributed by atoms with Crippen LogP contribution in [0.1, 0.15) is 20.3 Å². The Balaban J connectivity index is 2.69. The van der Waals surface area contributed by atoms with Gasteiger partial charge >= 0.3 is 0 Å². The monoisotopic (exact) mass is 122 g/mol. The normalized spacial score (nSPS) is 31.3. The summed E-state index contributed by atoms with van der Waals surface area (Å²) in [5, 5.41) is 0. The summed E-state index contributed by atoms with van der Waals surface area (Å²) in [5.41, 5.74) is 1.70. The number of rotatable bonds is 1. The quantitative estimate of drug-likeness (QED) is 0.469. The van der Waals surface area contributed by atoms with Gasteiger partial charge in [-0.3, -0.25) is 0 Å². The van der Waals surface area contributed by atoms with Gasteiger partial charge in [0.2, 0.25) is 0 Å². The Morgan fingerprint density at radius 3 is 2.33 bits per heavy atom. The minimum atomic E-state index is 0.335. The van der Waals surface area contributed by atoms with E-state index in [4.69, 9.17) is 0 Å². The summed E-state index contributed by atoms with van der Waals surface area (Å²) in [6.07, 6.45) is 3.19. The second kappa shape index (κ2) is 1.73. The van der Waals surface area contributed by atoms with E-state index in [1.807, 2.05) is 6.08 Å². The van der Waals surface area contributed by atoms with Gasteiger partial charge in [0, 0.05) is 0 Å². The highest BCUT2D eigenvalue weighted by Gasteiger charge is 2.39. The molecule has 0 heteroatoms. The van der Waals surface area contributed by atoms with Crippen molar-refractivity contribution in [1.82, 2.24) is 0 Å². The Bertz CT molecular complexity index is 151. The van der Waals surface area contributed by atoms with Gasteiger partial charge in [-0.2, -0.15) is 0 Å². The second-order valence-corrected chi connectivity index (χ2v) is 3.37. The molecule has 1 saturated carbocycles. The van der Waals surface area contributed by atoms with Crippen LogP contribution in [0.15, 0.2) is 24.8 Å². The van der Waals surface area contributed by atoms with Crippen LogP contribution in [0.25, 0.3) is 0 Å². The van der Waals surface area contributed by atoms with E-state index in [2.05, 4.69) is 27.0 Å². The van der Waals surface area contributed by atoms with Gasteiger partial charge in [0.15, 0.2) is 0 Å². The SMILES string of the molecule is C=CC1CC(=C)C1(C)C. The largest absolute Gasteiger partial charge is 0.103 e. The minimum absolute atomic E-state index is 0.335. The van der Waals surface area contributed by atoms with E-state index < -0.39 is 0 Å². The molecule has 0 aromatic rings. The number of allylic oxidation sites excluding steroid dienone is 2. The molecule has 1 aliphatic carbocycles. The molecular formula is C9H14. The molecule has 0 bridgehead atoms. The zero-order valence-electron chi connectivity index (χ0n) is 6.28. The van der Waals surface area contributed by atoms with E-state index in [9.17, 15) is 0 Å². The topological polar surface area (TPSA) is 0 Å². The van der Waals surface area contributed by atoms with Crippen LogP contribution in [-0.2, 0) is 0 Å². The van der Waals surface area contributed by atoms with Crippen LogP contribution in [0, 0.1) is 11.3 Å². The van der Waals surface area contributed by atoms with E-state index in [0.717, 1.165) is 6.42 Å². The average molecular weight is 122 g/mol. The van der Waals surface area contributed by atoms with Crippen molar-refractivity contribution < 1.29 is 0 Å². The zero-order chi connectivity index (χ0) is 7.07. The summed E-state index contributed by atoms with van der Waals surface area (Å²) < 4.78 is 0. The molecule has 1 atom stereocenters. The summed E-state index contributed by atoms with van der Waals surface area (Å²) in [7, 11) is 0. The first-order valence-corrected chi connectivity index (χ1v) is 3.40. The Morgan fingerprint density at radius 2 is 2.22 bits per heavy atom. The van der Waals surface area contributed by atoms with Crippen LogP contribution in [0.5, 0.6) is 0 Å². The Hall–Kier alpha value is -0.520. The molecule has 0 N–H and O–H groups in total. The van der Waals surface area contributed by atoms with Crippen LogP contribution in [0.3, 0.4) is 0 Å². The summed E-state index contributed by atoms with van der Waals surface area (Å²) in [6, 6.07) is 0. The van der Waals surface area contributed by atoms with Crippen molar-refractivity contribution in [3.8, 4) is 0 Å². The average Bonchev–Trinajstić information content (AvgIpc) is 1.82. The van der Waals surface area contributed by atoms with E-state index >= 15 is 0 Å². The maximum atomic E-state index is 3.96. The van der Waals surface area contributed by atoms with Crippen LogP contribution in [0.4, 0.5) is 0 Å². The van der Waals surface area contributed by atoms with E-state index in [1.165, 1.54) is 5.57 Å². The molecule has 1 fully saturated rings. The third-order valence-electron chi connectivity index (χ3n) is 2.59. The lowest BCUT2D eigenvalue weighted by Crippen LogP contribution is -2.35.